The van der Waals surface area contributed by atoms with E-state index in [0.717, 1.165) is 43.1 Å². The Morgan fingerprint density at radius 3 is 2.57 bits per heavy atom. The van der Waals surface area contributed by atoms with Gasteiger partial charge in [0.25, 0.3) is 0 Å². The molecule has 202 valence electrons. The number of rotatable bonds is 12. The second-order valence-electron chi connectivity index (χ2n) is 9.09. The van der Waals surface area contributed by atoms with Gasteiger partial charge in [0.2, 0.25) is 0 Å². The fourth-order valence-corrected chi connectivity index (χ4v) is 4.78. The molecule has 1 heterocycles. The molecule has 0 spiro atoms. The Labute approximate surface area is 222 Å². The van der Waals surface area contributed by atoms with Crippen LogP contribution in [0.3, 0.4) is 0 Å². The van der Waals surface area contributed by atoms with Gasteiger partial charge in [0.15, 0.2) is 0 Å². The van der Waals surface area contributed by atoms with Crippen LogP contribution in [0, 0.1) is 5.82 Å². The van der Waals surface area contributed by atoms with Crippen LogP contribution < -0.4 is 15.5 Å². The van der Waals surface area contributed by atoms with Crippen molar-refractivity contribution in [3.63, 3.8) is 0 Å². The van der Waals surface area contributed by atoms with Crippen molar-refractivity contribution in [1.29, 1.82) is 0 Å². The van der Waals surface area contributed by atoms with Gasteiger partial charge in [0, 0.05) is 44.5 Å². The number of methoxy groups -OCH3 is 1. The summed E-state index contributed by atoms with van der Waals surface area (Å²) in [5, 5.41) is 15.1. The molecule has 0 aliphatic carbocycles. The van der Waals surface area contributed by atoms with Crippen molar-refractivity contribution in [3.05, 3.63) is 52.8 Å². The average Bonchev–Trinajstić information content (AvgIpc) is 2.87. The number of ether oxygens (including phenoxy) is 2. The van der Waals surface area contributed by atoms with Crippen molar-refractivity contribution in [2.24, 2.45) is 0 Å². The van der Waals surface area contributed by atoms with E-state index in [9.17, 15) is 19.1 Å². The third-order valence-electron chi connectivity index (χ3n) is 6.42. The minimum atomic E-state index is -0.912. The Morgan fingerprint density at radius 2 is 1.92 bits per heavy atom. The number of hydrogen-bond acceptors (Lipinski definition) is 5. The molecule has 1 atom stereocenters. The number of carboxylic acids is 1. The fourth-order valence-electron chi connectivity index (χ4n) is 4.62. The van der Waals surface area contributed by atoms with Gasteiger partial charge in [-0.15, -0.1) is 0 Å². The van der Waals surface area contributed by atoms with Gasteiger partial charge in [-0.3, -0.25) is 4.79 Å². The number of anilines is 3. The Hall–Kier alpha value is -2.88. The first-order chi connectivity index (χ1) is 17.8. The molecule has 10 heteroatoms. The molecule has 0 saturated carbocycles. The highest BCUT2D eigenvalue weighted by atomic mass is 35.5. The normalized spacial score (nSPS) is 14.7. The van der Waals surface area contributed by atoms with E-state index in [1.54, 1.807) is 7.11 Å². The summed E-state index contributed by atoms with van der Waals surface area (Å²) < 4.78 is 25.0. The van der Waals surface area contributed by atoms with Gasteiger partial charge in [-0.2, -0.15) is 0 Å². The minimum Gasteiger partial charge on any atom is -0.481 e. The topological polar surface area (TPSA) is 100 Å². The van der Waals surface area contributed by atoms with Crippen LogP contribution in [0.25, 0.3) is 0 Å². The van der Waals surface area contributed by atoms with E-state index in [1.165, 1.54) is 12.1 Å². The lowest BCUT2D eigenvalue weighted by molar-refractivity contribution is -0.137. The smallest absolute Gasteiger partial charge is 0.323 e. The van der Waals surface area contributed by atoms with Gasteiger partial charge in [0.05, 0.1) is 23.5 Å². The lowest BCUT2D eigenvalue weighted by Gasteiger charge is -2.37. The molecule has 3 N–H and O–H groups in total. The van der Waals surface area contributed by atoms with Crippen LogP contribution in [0.2, 0.25) is 5.02 Å². The zero-order chi connectivity index (χ0) is 26.8. The van der Waals surface area contributed by atoms with Gasteiger partial charge in [0.1, 0.15) is 5.82 Å². The summed E-state index contributed by atoms with van der Waals surface area (Å²) >= 11 is 5.83. The highest BCUT2D eigenvalue weighted by Crippen LogP contribution is 2.35. The number of carbonyl (C=O) groups is 2. The van der Waals surface area contributed by atoms with Crippen molar-refractivity contribution in [1.82, 2.24) is 0 Å². The molecule has 2 amide bonds. The largest absolute Gasteiger partial charge is 0.481 e. The molecule has 3 rings (SSSR count). The van der Waals surface area contributed by atoms with E-state index in [2.05, 4.69) is 22.5 Å². The van der Waals surface area contributed by atoms with Crippen molar-refractivity contribution in [3.8, 4) is 0 Å². The van der Waals surface area contributed by atoms with Crippen molar-refractivity contribution in [2.45, 2.75) is 51.0 Å². The Bertz CT molecular complexity index is 1060. The van der Waals surface area contributed by atoms with E-state index in [4.69, 9.17) is 21.1 Å². The summed E-state index contributed by atoms with van der Waals surface area (Å²) in [6.45, 7) is 4.61. The molecule has 1 aliphatic rings. The first-order valence-corrected chi connectivity index (χ1v) is 12.9. The number of nitrogens with one attached hydrogen (secondary N) is 2. The number of hydrogen-bond donors (Lipinski definition) is 3. The number of aliphatic carboxylic acids is 1. The van der Waals surface area contributed by atoms with Crippen molar-refractivity contribution in [2.75, 3.05) is 49.0 Å². The number of carboxylic acid groups (broad SMARTS) is 1. The molecule has 1 aliphatic heterocycles. The molecule has 0 aromatic heterocycles. The molecule has 1 saturated heterocycles. The minimum absolute atomic E-state index is 0.00158. The van der Waals surface area contributed by atoms with Crippen LogP contribution in [-0.4, -0.2) is 56.6 Å². The number of amides is 2. The van der Waals surface area contributed by atoms with Gasteiger partial charge in [-0.05, 0) is 67.5 Å². The van der Waals surface area contributed by atoms with Crippen LogP contribution in [-0.2, 0) is 14.3 Å². The fraction of sp³-hybridized carbons (Fsp3) is 0.481. The van der Waals surface area contributed by atoms with E-state index in [0.29, 0.717) is 31.9 Å². The monoisotopic (exact) mass is 535 g/mol. The summed E-state index contributed by atoms with van der Waals surface area (Å²) in [5.41, 5.74) is 2.13. The summed E-state index contributed by atoms with van der Waals surface area (Å²) in [6, 6.07) is 9.31. The second kappa shape index (κ2) is 14.2. The molecular formula is C27H35ClFN3O5. The summed E-state index contributed by atoms with van der Waals surface area (Å²) in [6.07, 6.45) is 3.07. The molecule has 2 aromatic rings. The summed E-state index contributed by atoms with van der Waals surface area (Å²) in [5.74, 6) is -1.86. The zero-order valence-corrected chi connectivity index (χ0v) is 22.0. The first-order valence-electron chi connectivity index (χ1n) is 12.5. The molecule has 0 unspecified atom stereocenters. The molecule has 0 bridgehead atoms. The highest BCUT2D eigenvalue weighted by Gasteiger charge is 2.25. The predicted octanol–water partition coefficient (Wildman–Crippen LogP) is 6.11. The maximum atomic E-state index is 14.3. The predicted molar refractivity (Wildman–Crippen MR) is 143 cm³/mol. The number of nitrogens with zero attached hydrogens (tertiary/aromatic N) is 1. The van der Waals surface area contributed by atoms with Crippen LogP contribution in [0.15, 0.2) is 36.4 Å². The summed E-state index contributed by atoms with van der Waals surface area (Å²) in [4.78, 5) is 26.8. The molecule has 8 nitrogen and oxygen atoms in total. The van der Waals surface area contributed by atoms with E-state index in [-0.39, 0.29) is 29.1 Å². The quantitative estimate of drug-likeness (QED) is 0.303. The SMILES string of the molecule is CCCN(c1ccc([C@H](CCOC)CC(=O)O)cc1NC(=O)Nc1ccc(Cl)cc1F)C1CCOCC1. The van der Waals surface area contributed by atoms with Crippen LogP contribution in [0.5, 0.6) is 0 Å². The number of urea groups is 1. The van der Waals surface area contributed by atoms with E-state index >= 15 is 0 Å². The number of benzene rings is 2. The first kappa shape index (κ1) is 28.7. The highest BCUT2D eigenvalue weighted by molar-refractivity contribution is 6.30. The van der Waals surface area contributed by atoms with Crippen molar-refractivity contribution >= 4 is 40.7 Å². The Kier molecular flexibility index (Phi) is 11.0. The summed E-state index contributed by atoms with van der Waals surface area (Å²) in [7, 11) is 1.57. The third-order valence-corrected chi connectivity index (χ3v) is 6.65. The maximum Gasteiger partial charge on any atom is 0.323 e. The molecule has 1 fully saturated rings. The Morgan fingerprint density at radius 1 is 1.19 bits per heavy atom. The van der Waals surface area contributed by atoms with E-state index < -0.39 is 17.8 Å². The number of halogens is 2. The van der Waals surface area contributed by atoms with Gasteiger partial charge < -0.3 is 30.1 Å². The lowest BCUT2D eigenvalue weighted by atomic mass is 9.91. The Balaban J connectivity index is 1.96. The van der Waals surface area contributed by atoms with Crippen LogP contribution >= 0.6 is 11.6 Å². The molecule has 2 aromatic carbocycles. The molecule has 0 radical (unpaired) electrons. The van der Waals surface area contributed by atoms with Crippen molar-refractivity contribution < 1.29 is 28.6 Å². The molecule has 37 heavy (non-hydrogen) atoms. The van der Waals surface area contributed by atoms with Gasteiger partial charge in [-0.25, -0.2) is 9.18 Å². The average molecular weight is 536 g/mol. The molecular weight excluding hydrogens is 501 g/mol. The standard InChI is InChI=1S/C27H35ClFN3O5/c1-3-11-32(21-9-13-37-14-10-21)25-7-4-18(19(8-12-36-2)16-26(33)34)15-24(25)31-27(35)30-23-6-5-20(28)17-22(23)29/h4-7,15,17,19,21H,3,8-14,16H2,1-2H3,(H,33,34)(H2,30,31,35)/t19-/m1/s1. The second-order valence-corrected chi connectivity index (χ2v) is 9.53. The van der Waals surface area contributed by atoms with Gasteiger partial charge in [-0.1, -0.05) is 24.6 Å². The van der Waals surface area contributed by atoms with Crippen LogP contribution in [0.1, 0.15) is 50.5 Å². The maximum absolute atomic E-state index is 14.3. The lowest BCUT2D eigenvalue weighted by Crippen LogP contribution is -2.40. The zero-order valence-electron chi connectivity index (χ0n) is 21.3. The van der Waals surface area contributed by atoms with Gasteiger partial charge >= 0.3 is 12.0 Å². The van der Waals surface area contributed by atoms with E-state index in [1.807, 2.05) is 18.2 Å². The van der Waals surface area contributed by atoms with Crippen LogP contribution in [0.4, 0.5) is 26.2 Å². The number of carbonyl (C=O) groups excluding carboxylic acids is 1. The third kappa shape index (κ3) is 8.31.